The number of fused-ring (bicyclic) bond motifs is 2. The lowest BCUT2D eigenvalue weighted by Gasteiger charge is -2.17. The highest BCUT2D eigenvalue weighted by atomic mass is 79.9. The van der Waals surface area contributed by atoms with Crippen molar-refractivity contribution >= 4 is 38.6 Å². The average molecular weight is 384 g/mol. The second-order valence-corrected chi connectivity index (χ2v) is 7.04. The Hall–Kier alpha value is -2.14. The van der Waals surface area contributed by atoms with Gasteiger partial charge in [-0.15, -0.1) is 0 Å². The summed E-state index contributed by atoms with van der Waals surface area (Å²) in [5, 5.41) is 0. The van der Waals surface area contributed by atoms with E-state index in [1.54, 1.807) is 0 Å². The summed E-state index contributed by atoms with van der Waals surface area (Å²) in [4.78, 5) is 19.5. The normalized spacial score (nSPS) is 13.5. The van der Waals surface area contributed by atoms with Crippen LogP contribution in [0.25, 0.3) is 11.0 Å². The van der Waals surface area contributed by atoms with Gasteiger partial charge in [-0.1, -0.05) is 22.9 Å². The van der Waals surface area contributed by atoms with E-state index in [2.05, 4.69) is 38.5 Å². The Bertz CT molecular complexity index is 961. The molecule has 4 rings (SSSR count). The Morgan fingerprint density at radius 2 is 2.08 bits per heavy atom. The van der Waals surface area contributed by atoms with Crippen LogP contribution in [0, 0.1) is 0 Å². The maximum Gasteiger partial charge on any atom is 0.258 e. The summed E-state index contributed by atoms with van der Waals surface area (Å²) in [6.07, 6.45) is 1.77. The van der Waals surface area contributed by atoms with Crippen molar-refractivity contribution in [3.8, 4) is 0 Å². The first-order valence-electron chi connectivity index (χ1n) is 8.14. The highest BCUT2D eigenvalue weighted by Gasteiger charge is 2.26. The van der Waals surface area contributed by atoms with E-state index in [0.717, 1.165) is 46.4 Å². The second kappa shape index (κ2) is 5.74. The van der Waals surface area contributed by atoms with Gasteiger partial charge in [0, 0.05) is 35.7 Å². The lowest BCUT2D eigenvalue weighted by molar-refractivity contribution is 0.0989. The number of rotatable bonds is 2. The first kappa shape index (κ1) is 15.4. The minimum absolute atomic E-state index is 0.0432. The van der Waals surface area contributed by atoms with Gasteiger partial charge in [0.05, 0.1) is 11.0 Å². The number of benzene rings is 2. The van der Waals surface area contributed by atoms with Crippen molar-refractivity contribution in [2.24, 2.45) is 7.05 Å². The summed E-state index contributed by atoms with van der Waals surface area (Å²) in [5.74, 6) is 1.08. The number of hydrogen-bond donors (Lipinski definition) is 0. The molecular weight excluding hydrogens is 366 g/mol. The monoisotopic (exact) mass is 383 g/mol. The molecule has 122 valence electrons. The number of aromatic nitrogens is 2. The van der Waals surface area contributed by atoms with Gasteiger partial charge in [-0.3, -0.25) is 4.79 Å². The lowest BCUT2D eigenvalue weighted by Crippen LogP contribution is -2.28. The van der Waals surface area contributed by atoms with Crippen LogP contribution in [0.15, 0.2) is 40.9 Å². The molecule has 0 spiro atoms. The molecule has 0 N–H and O–H groups in total. The third-order valence-corrected chi connectivity index (χ3v) is 5.21. The smallest absolute Gasteiger partial charge is 0.258 e. The second-order valence-electron chi connectivity index (χ2n) is 6.12. The molecule has 0 saturated carbocycles. The number of imidazole rings is 1. The molecule has 0 aliphatic carbocycles. The molecule has 3 aromatic rings. The van der Waals surface area contributed by atoms with Gasteiger partial charge in [0.2, 0.25) is 0 Å². The third kappa shape index (κ3) is 2.35. The van der Waals surface area contributed by atoms with Crippen LogP contribution >= 0.6 is 15.9 Å². The number of amides is 1. The molecule has 1 amide bonds. The maximum absolute atomic E-state index is 13.0. The summed E-state index contributed by atoms with van der Waals surface area (Å²) in [7, 11) is 2.02. The molecule has 0 radical (unpaired) electrons. The van der Waals surface area contributed by atoms with Crippen LogP contribution in [0.1, 0.15) is 28.7 Å². The molecule has 24 heavy (non-hydrogen) atoms. The molecule has 0 unspecified atom stereocenters. The predicted octanol–water partition coefficient (Wildman–Crippen LogP) is 4.10. The molecule has 0 atom stereocenters. The standard InChI is InChI=1S/C19H18BrN3O/c1-3-18-21-15-11-13(4-6-17(15)22(18)2)19(24)23-9-8-12-10-14(20)5-7-16(12)23/h4-7,10-11H,3,8-9H2,1-2H3. The molecule has 5 heteroatoms. The van der Waals surface area contributed by atoms with E-state index in [4.69, 9.17) is 0 Å². The summed E-state index contributed by atoms with van der Waals surface area (Å²) in [5.41, 5.74) is 4.87. The molecule has 2 aromatic carbocycles. The summed E-state index contributed by atoms with van der Waals surface area (Å²) >= 11 is 3.50. The van der Waals surface area contributed by atoms with Crippen molar-refractivity contribution in [1.82, 2.24) is 9.55 Å². The molecule has 0 fully saturated rings. The summed E-state index contributed by atoms with van der Waals surface area (Å²) in [6, 6.07) is 11.9. The van der Waals surface area contributed by atoms with Gasteiger partial charge in [0.25, 0.3) is 5.91 Å². The fourth-order valence-electron chi connectivity index (χ4n) is 3.44. The first-order chi connectivity index (χ1) is 11.6. The molecule has 0 saturated heterocycles. The van der Waals surface area contributed by atoms with E-state index in [1.165, 1.54) is 5.56 Å². The number of aryl methyl sites for hydroxylation is 2. The molecule has 4 nitrogen and oxygen atoms in total. The maximum atomic E-state index is 13.0. The summed E-state index contributed by atoms with van der Waals surface area (Å²) in [6.45, 7) is 2.82. The molecule has 1 aliphatic rings. The topological polar surface area (TPSA) is 38.1 Å². The van der Waals surface area contributed by atoms with Crippen molar-refractivity contribution in [1.29, 1.82) is 0 Å². The SMILES string of the molecule is CCc1nc2cc(C(=O)N3CCc4cc(Br)ccc43)ccc2n1C. The van der Waals surface area contributed by atoms with Crippen LogP contribution in [0.5, 0.6) is 0 Å². The molecule has 0 bridgehead atoms. The zero-order chi connectivity index (χ0) is 16.8. The van der Waals surface area contributed by atoms with E-state index in [0.29, 0.717) is 5.56 Å². The zero-order valence-corrected chi connectivity index (χ0v) is 15.3. The number of nitrogens with zero attached hydrogens (tertiary/aromatic N) is 3. The van der Waals surface area contributed by atoms with E-state index in [1.807, 2.05) is 42.3 Å². The quantitative estimate of drug-likeness (QED) is 0.667. The van der Waals surface area contributed by atoms with Crippen molar-refractivity contribution in [3.63, 3.8) is 0 Å². The zero-order valence-electron chi connectivity index (χ0n) is 13.7. The minimum Gasteiger partial charge on any atom is -0.331 e. The Labute approximate surface area is 149 Å². The highest BCUT2D eigenvalue weighted by molar-refractivity contribution is 9.10. The Morgan fingerprint density at radius 3 is 2.88 bits per heavy atom. The molecule has 1 aromatic heterocycles. The van der Waals surface area contributed by atoms with Crippen LogP contribution in [-0.2, 0) is 19.9 Å². The average Bonchev–Trinajstić information content (AvgIpc) is 3.14. The van der Waals surface area contributed by atoms with Gasteiger partial charge in [0.1, 0.15) is 5.82 Å². The third-order valence-electron chi connectivity index (χ3n) is 4.72. The van der Waals surface area contributed by atoms with Crippen LogP contribution in [0.4, 0.5) is 5.69 Å². The molecular formula is C19H18BrN3O. The van der Waals surface area contributed by atoms with Gasteiger partial charge < -0.3 is 9.47 Å². The van der Waals surface area contributed by atoms with E-state index >= 15 is 0 Å². The van der Waals surface area contributed by atoms with Crippen molar-refractivity contribution in [2.75, 3.05) is 11.4 Å². The molecule has 2 heterocycles. The number of anilines is 1. The Balaban J connectivity index is 1.72. The Morgan fingerprint density at radius 1 is 1.25 bits per heavy atom. The van der Waals surface area contributed by atoms with Crippen LogP contribution in [0.3, 0.4) is 0 Å². The van der Waals surface area contributed by atoms with Gasteiger partial charge in [-0.25, -0.2) is 4.98 Å². The summed E-state index contributed by atoms with van der Waals surface area (Å²) < 4.78 is 3.14. The number of hydrogen-bond acceptors (Lipinski definition) is 2. The van der Waals surface area contributed by atoms with Crippen LogP contribution in [-0.4, -0.2) is 22.0 Å². The van der Waals surface area contributed by atoms with Gasteiger partial charge in [-0.2, -0.15) is 0 Å². The van der Waals surface area contributed by atoms with Gasteiger partial charge in [0.15, 0.2) is 0 Å². The fourth-order valence-corrected chi connectivity index (χ4v) is 3.84. The lowest BCUT2D eigenvalue weighted by atomic mass is 10.1. The van der Waals surface area contributed by atoms with Crippen molar-refractivity contribution < 1.29 is 4.79 Å². The number of halogens is 1. The van der Waals surface area contributed by atoms with E-state index in [-0.39, 0.29) is 5.91 Å². The number of carbonyl (C=O) groups is 1. The van der Waals surface area contributed by atoms with E-state index < -0.39 is 0 Å². The molecule has 1 aliphatic heterocycles. The van der Waals surface area contributed by atoms with Crippen LogP contribution < -0.4 is 4.90 Å². The van der Waals surface area contributed by atoms with E-state index in [9.17, 15) is 4.79 Å². The largest absolute Gasteiger partial charge is 0.331 e. The van der Waals surface area contributed by atoms with Gasteiger partial charge in [-0.05, 0) is 48.4 Å². The van der Waals surface area contributed by atoms with Crippen LogP contribution in [0.2, 0.25) is 0 Å². The first-order valence-corrected chi connectivity index (χ1v) is 8.93. The highest BCUT2D eigenvalue weighted by Crippen LogP contribution is 2.32. The fraction of sp³-hybridized carbons (Fsp3) is 0.263. The predicted molar refractivity (Wildman–Crippen MR) is 99.6 cm³/mol. The van der Waals surface area contributed by atoms with Crippen molar-refractivity contribution in [3.05, 3.63) is 57.8 Å². The van der Waals surface area contributed by atoms with Gasteiger partial charge >= 0.3 is 0 Å². The Kier molecular flexibility index (Phi) is 3.68. The van der Waals surface area contributed by atoms with Crippen molar-refractivity contribution in [2.45, 2.75) is 19.8 Å². The minimum atomic E-state index is 0.0432. The number of carbonyl (C=O) groups excluding carboxylic acids is 1.